The number of anilines is 1. The lowest BCUT2D eigenvalue weighted by Crippen LogP contribution is -2.42. The lowest BCUT2D eigenvalue weighted by Gasteiger charge is -2.22. The van der Waals surface area contributed by atoms with Crippen LogP contribution in [-0.4, -0.2) is 48.2 Å². The molecule has 37 heavy (non-hydrogen) atoms. The minimum atomic E-state index is -4.83. The van der Waals surface area contributed by atoms with Crippen LogP contribution in [0.5, 0.6) is 5.75 Å². The molecule has 8 nitrogen and oxygen atoms in total. The molecule has 1 aromatic heterocycles. The van der Waals surface area contributed by atoms with Crippen LogP contribution in [0.25, 0.3) is 0 Å². The fourth-order valence-electron chi connectivity index (χ4n) is 3.40. The van der Waals surface area contributed by atoms with Gasteiger partial charge in [-0.1, -0.05) is 31.2 Å². The molecule has 11 heteroatoms. The summed E-state index contributed by atoms with van der Waals surface area (Å²) in [5, 5.41) is 1.06. The van der Waals surface area contributed by atoms with Crippen molar-refractivity contribution >= 4 is 23.6 Å². The van der Waals surface area contributed by atoms with E-state index in [1.165, 1.54) is 12.1 Å². The van der Waals surface area contributed by atoms with Crippen molar-refractivity contribution in [3.05, 3.63) is 88.3 Å². The van der Waals surface area contributed by atoms with Crippen LogP contribution in [0.3, 0.4) is 0 Å². The molecule has 0 fully saturated rings. The third-order valence-electron chi connectivity index (χ3n) is 5.58. The first-order chi connectivity index (χ1) is 17.6. The van der Waals surface area contributed by atoms with Crippen LogP contribution in [0.4, 0.5) is 24.5 Å². The number of aromatic nitrogens is 1. The summed E-state index contributed by atoms with van der Waals surface area (Å²) in [5.41, 5.74) is 4.45. The van der Waals surface area contributed by atoms with Crippen molar-refractivity contribution in [3.63, 3.8) is 0 Å². The minimum Gasteiger partial charge on any atom is -0.406 e. The summed E-state index contributed by atoms with van der Waals surface area (Å²) in [6.07, 6.45) is -2.69. The fourth-order valence-corrected chi connectivity index (χ4v) is 3.40. The highest BCUT2D eigenvalue weighted by molar-refractivity contribution is 6.03. The Morgan fingerprint density at radius 2 is 1.81 bits per heavy atom. The SMILES string of the molecule is CCN(C)CCn1cccc(N=C(NN(C=O)c2ccc(OC(F)(F)F)cc2)c2ccccc2C)c1=O. The highest BCUT2D eigenvalue weighted by Gasteiger charge is 2.31. The Hall–Kier alpha value is -4.12. The van der Waals surface area contributed by atoms with E-state index in [0.29, 0.717) is 25.1 Å². The molecule has 0 radical (unpaired) electrons. The van der Waals surface area contributed by atoms with E-state index in [1.54, 1.807) is 35.0 Å². The molecule has 3 rings (SSSR count). The normalized spacial score (nSPS) is 11.9. The summed E-state index contributed by atoms with van der Waals surface area (Å²) in [4.78, 5) is 31.7. The Labute approximate surface area is 212 Å². The average molecular weight is 516 g/mol. The molecule has 0 aliphatic heterocycles. The van der Waals surface area contributed by atoms with E-state index in [1.807, 2.05) is 33.0 Å². The van der Waals surface area contributed by atoms with E-state index < -0.39 is 12.1 Å². The van der Waals surface area contributed by atoms with E-state index in [0.717, 1.165) is 29.2 Å². The van der Waals surface area contributed by atoms with Crippen LogP contribution in [0.15, 0.2) is 76.6 Å². The van der Waals surface area contributed by atoms with Gasteiger partial charge in [0.25, 0.3) is 5.56 Å². The van der Waals surface area contributed by atoms with Crippen molar-refractivity contribution in [3.8, 4) is 5.75 Å². The number of pyridine rings is 1. The van der Waals surface area contributed by atoms with Crippen molar-refractivity contribution in [1.29, 1.82) is 0 Å². The molecule has 0 aliphatic rings. The third-order valence-corrected chi connectivity index (χ3v) is 5.58. The average Bonchev–Trinajstić information content (AvgIpc) is 2.86. The van der Waals surface area contributed by atoms with Crippen molar-refractivity contribution in [1.82, 2.24) is 14.9 Å². The first-order valence-electron chi connectivity index (χ1n) is 11.5. The Morgan fingerprint density at radius 3 is 2.43 bits per heavy atom. The number of hydrazine groups is 1. The maximum Gasteiger partial charge on any atom is 0.573 e. The lowest BCUT2D eigenvalue weighted by molar-refractivity contribution is -0.274. The summed E-state index contributed by atoms with van der Waals surface area (Å²) in [5.74, 6) is -0.213. The van der Waals surface area contributed by atoms with E-state index in [9.17, 15) is 22.8 Å². The highest BCUT2D eigenvalue weighted by Crippen LogP contribution is 2.25. The van der Waals surface area contributed by atoms with Gasteiger partial charge in [0, 0.05) is 24.8 Å². The first-order valence-corrected chi connectivity index (χ1v) is 11.5. The molecular formula is C26H28F3N5O3. The molecule has 3 aromatic rings. The molecule has 196 valence electrons. The van der Waals surface area contributed by atoms with Gasteiger partial charge in [0.05, 0.1) is 5.69 Å². The number of hydrogen-bond acceptors (Lipinski definition) is 5. The number of aryl methyl sites for hydroxylation is 1. The van der Waals surface area contributed by atoms with Gasteiger partial charge in [0.1, 0.15) is 11.4 Å². The van der Waals surface area contributed by atoms with Gasteiger partial charge in [0.15, 0.2) is 5.84 Å². The minimum absolute atomic E-state index is 0.159. The molecule has 1 N–H and O–H groups in total. The van der Waals surface area contributed by atoms with Gasteiger partial charge >= 0.3 is 6.36 Å². The van der Waals surface area contributed by atoms with Gasteiger partial charge in [-0.25, -0.2) is 10.0 Å². The topological polar surface area (TPSA) is 79.2 Å². The zero-order valence-electron chi connectivity index (χ0n) is 20.7. The number of rotatable bonds is 10. The number of halogens is 3. The van der Waals surface area contributed by atoms with Crippen LogP contribution < -0.4 is 20.7 Å². The molecule has 0 saturated heterocycles. The molecule has 0 atom stereocenters. The quantitative estimate of drug-likeness (QED) is 0.189. The fraction of sp³-hybridized carbons (Fsp3) is 0.269. The lowest BCUT2D eigenvalue weighted by atomic mass is 10.1. The molecular weight excluding hydrogens is 487 g/mol. The summed E-state index contributed by atoms with van der Waals surface area (Å²) in [6, 6.07) is 15.3. The predicted octanol–water partition coefficient (Wildman–Crippen LogP) is 4.25. The largest absolute Gasteiger partial charge is 0.573 e. The first kappa shape index (κ1) is 27.5. The Kier molecular flexibility index (Phi) is 9.07. The molecule has 1 heterocycles. The molecule has 1 amide bonds. The Morgan fingerprint density at radius 1 is 1.11 bits per heavy atom. The van der Waals surface area contributed by atoms with Crippen molar-refractivity contribution < 1.29 is 22.7 Å². The number of alkyl halides is 3. The molecule has 2 aromatic carbocycles. The number of carbonyl (C=O) groups is 1. The Bertz CT molecular complexity index is 1290. The number of nitrogens with one attached hydrogen (secondary N) is 1. The molecule has 0 aliphatic carbocycles. The Balaban J connectivity index is 1.97. The number of carbonyl (C=O) groups excluding carboxylic acids is 1. The van der Waals surface area contributed by atoms with E-state index in [-0.39, 0.29) is 22.8 Å². The van der Waals surface area contributed by atoms with Gasteiger partial charge in [0.2, 0.25) is 6.41 Å². The maximum atomic E-state index is 13.1. The van der Waals surface area contributed by atoms with E-state index in [2.05, 4.69) is 20.1 Å². The molecule has 0 spiro atoms. The van der Waals surface area contributed by atoms with E-state index in [4.69, 9.17) is 0 Å². The van der Waals surface area contributed by atoms with Gasteiger partial charge in [-0.3, -0.25) is 15.0 Å². The second-order valence-corrected chi connectivity index (χ2v) is 8.19. The monoisotopic (exact) mass is 515 g/mol. The highest BCUT2D eigenvalue weighted by atomic mass is 19.4. The zero-order valence-corrected chi connectivity index (χ0v) is 20.7. The second-order valence-electron chi connectivity index (χ2n) is 8.19. The van der Waals surface area contributed by atoms with Crippen molar-refractivity contribution in [2.75, 3.05) is 25.1 Å². The summed E-state index contributed by atoms with van der Waals surface area (Å²) in [7, 11) is 1.96. The summed E-state index contributed by atoms with van der Waals surface area (Å²) < 4.78 is 42.9. The van der Waals surface area contributed by atoms with E-state index >= 15 is 0 Å². The smallest absolute Gasteiger partial charge is 0.406 e. The van der Waals surface area contributed by atoms with Crippen LogP contribution in [0.1, 0.15) is 18.1 Å². The summed E-state index contributed by atoms with van der Waals surface area (Å²) in [6.45, 7) is 5.88. The van der Waals surface area contributed by atoms with Crippen molar-refractivity contribution in [2.45, 2.75) is 26.8 Å². The van der Waals surface area contributed by atoms with Crippen LogP contribution >= 0.6 is 0 Å². The standard InChI is InChI=1S/C26H28F3N5O3/c1-4-32(3)16-17-33-15-7-10-23(25(33)36)30-24(22-9-6-5-8-19(22)2)31-34(18-35)20-11-13-21(14-12-20)37-26(27,28)29/h5-15,18H,4,16-17H2,1-3H3,(H,30,31). The molecule has 0 saturated carbocycles. The zero-order chi connectivity index (χ0) is 27.0. The van der Waals surface area contributed by atoms with Crippen LogP contribution in [0, 0.1) is 6.92 Å². The number of ether oxygens (including phenoxy) is 1. The maximum absolute atomic E-state index is 13.1. The van der Waals surface area contributed by atoms with Gasteiger partial charge < -0.3 is 14.2 Å². The number of hydrogen-bond donors (Lipinski definition) is 1. The van der Waals surface area contributed by atoms with Gasteiger partial charge in [-0.15, -0.1) is 13.2 Å². The van der Waals surface area contributed by atoms with Gasteiger partial charge in [-0.05, 0) is 62.5 Å². The molecule has 0 bridgehead atoms. The third kappa shape index (κ3) is 7.68. The second kappa shape index (κ2) is 12.2. The number of likely N-dealkylation sites (N-methyl/N-ethyl adjacent to an activating group) is 1. The number of aliphatic imine (C=N–C) groups is 1. The molecule has 0 unspecified atom stereocenters. The number of amides is 1. The number of amidine groups is 1. The predicted molar refractivity (Wildman–Crippen MR) is 136 cm³/mol. The summed E-state index contributed by atoms with van der Waals surface area (Å²) >= 11 is 0. The van der Waals surface area contributed by atoms with Crippen LogP contribution in [-0.2, 0) is 11.3 Å². The van der Waals surface area contributed by atoms with Gasteiger partial charge in [-0.2, -0.15) is 0 Å². The van der Waals surface area contributed by atoms with Crippen LogP contribution in [0.2, 0.25) is 0 Å². The van der Waals surface area contributed by atoms with Crippen molar-refractivity contribution in [2.24, 2.45) is 4.99 Å². The number of nitrogens with zero attached hydrogens (tertiary/aromatic N) is 4. The number of benzene rings is 2.